The van der Waals surface area contributed by atoms with Crippen molar-refractivity contribution in [1.29, 1.82) is 0 Å². The number of hydrogen-bond acceptors (Lipinski definition) is 5. The number of nitrogen functional groups attached to an aromatic ring is 1. The van der Waals surface area contributed by atoms with Crippen molar-refractivity contribution in [2.24, 2.45) is 0 Å². The van der Waals surface area contributed by atoms with Gasteiger partial charge in [-0.15, -0.1) is 0 Å². The van der Waals surface area contributed by atoms with Gasteiger partial charge in [-0.2, -0.15) is 0 Å². The fourth-order valence-electron chi connectivity index (χ4n) is 1.50. The number of esters is 1. The monoisotopic (exact) mass is 225 g/mol. The molecule has 0 saturated heterocycles. The molecule has 0 atom stereocenters. The Morgan fingerprint density at radius 3 is 2.56 bits per heavy atom. The van der Waals surface area contributed by atoms with Crippen LogP contribution < -0.4 is 10.5 Å². The summed E-state index contributed by atoms with van der Waals surface area (Å²) in [7, 11) is 2.70. The SMILES string of the molecule is CCc1cc(C(=O)OC)c(O)c(N)c1OC. The first-order valence-electron chi connectivity index (χ1n) is 4.83. The quantitative estimate of drug-likeness (QED) is 0.460. The number of carbonyl (C=O) groups is 1. The number of phenols is 1. The van der Waals surface area contributed by atoms with E-state index in [1.54, 1.807) is 0 Å². The molecule has 5 heteroatoms. The summed E-state index contributed by atoms with van der Waals surface area (Å²) in [6.07, 6.45) is 0.637. The van der Waals surface area contributed by atoms with Crippen LogP contribution >= 0.6 is 0 Å². The Morgan fingerprint density at radius 2 is 2.12 bits per heavy atom. The highest BCUT2D eigenvalue weighted by Crippen LogP contribution is 2.37. The number of methoxy groups -OCH3 is 2. The summed E-state index contributed by atoms with van der Waals surface area (Å²) in [5, 5.41) is 9.73. The second kappa shape index (κ2) is 4.74. The van der Waals surface area contributed by atoms with Crippen molar-refractivity contribution in [3.8, 4) is 11.5 Å². The molecule has 16 heavy (non-hydrogen) atoms. The number of phenolic OH excluding ortho intramolecular Hbond substituents is 1. The van der Waals surface area contributed by atoms with Crippen molar-refractivity contribution >= 4 is 11.7 Å². The van der Waals surface area contributed by atoms with Crippen LogP contribution in [0.15, 0.2) is 6.07 Å². The Hall–Kier alpha value is -1.91. The Bertz CT molecular complexity index is 415. The van der Waals surface area contributed by atoms with Gasteiger partial charge in [0.05, 0.1) is 14.2 Å². The highest BCUT2D eigenvalue weighted by atomic mass is 16.5. The third kappa shape index (κ3) is 1.88. The maximum Gasteiger partial charge on any atom is 0.341 e. The fraction of sp³-hybridized carbons (Fsp3) is 0.364. The highest BCUT2D eigenvalue weighted by Gasteiger charge is 2.20. The molecule has 0 aromatic heterocycles. The number of carbonyl (C=O) groups excluding carboxylic acids is 1. The van der Waals surface area contributed by atoms with Crippen LogP contribution in [0.1, 0.15) is 22.8 Å². The standard InChI is InChI=1S/C11H15NO4/c1-4-6-5-7(11(14)16-3)9(13)8(12)10(6)15-2/h5,13H,4,12H2,1-3H3. The van der Waals surface area contributed by atoms with Gasteiger partial charge in [0.2, 0.25) is 0 Å². The summed E-state index contributed by atoms with van der Waals surface area (Å²) in [4.78, 5) is 11.4. The van der Waals surface area contributed by atoms with E-state index in [1.807, 2.05) is 6.92 Å². The summed E-state index contributed by atoms with van der Waals surface area (Å²) in [6.45, 7) is 1.90. The van der Waals surface area contributed by atoms with Gasteiger partial charge < -0.3 is 20.3 Å². The van der Waals surface area contributed by atoms with Gasteiger partial charge >= 0.3 is 5.97 Å². The van der Waals surface area contributed by atoms with Gasteiger partial charge in [0, 0.05) is 0 Å². The topological polar surface area (TPSA) is 81.8 Å². The molecule has 0 aliphatic carbocycles. The summed E-state index contributed by atoms with van der Waals surface area (Å²) in [6, 6.07) is 1.52. The number of nitrogens with two attached hydrogens (primary N) is 1. The van der Waals surface area contributed by atoms with Crippen LogP contribution in [0.3, 0.4) is 0 Å². The molecule has 0 saturated carbocycles. The van der Waals surface area contributed by atoms with Crippen molar-refractivity contribution in [1.82, 2.24) is 0 Å². The normalized spacial score (nSPS) is 9.94. The van der Waals surface area contributed by atoms with E-state index in [2.05, 4.69) is 4.74 Å². The lowest BCUT2D eigenvalue weighted by atomic mass is 10.0. The van der Waals surface area contributed by atoms with Gasteiger partial charge in [-0.3, -0.25) is 0 Å². The van der Waals surface area contributed by atoms with Crippen LogP contribution in [0.4, 0.5) is 5.69 Å². The van der Waals surface area contributed by atoms with Gasteiger partial charge in [0.25, 0.3) is 0 Å². The van der Waals surface area contributed by atoms with Crippen LogP contribution in [-0.4, -0.2) is 25.3 Å². The number of rotatable bonds is 3. The summed E-state index contributed by atoms with van der Waals surface area (Å²) < 4.78 is 9.63. The Morgan fingerprint density at radius 1 is 1.50 bits per heavy atom. The zero-order valence-corrected chi connectivity index (χ0v) is 9.53. The number of anilines is 1. The molecule has 1 rings (SSSR count). The number of ether oxygens (including phenoxy) is 2. The fourth-order valence-corrected chi connectivity index (χ4v) is 1.50. The van der Waals surface area contributed by atoms with Gasteiger partial charge in [-0.05, 0) is 18.1 Å². The number of hydrogen-bond donors (Lipinski definition) is 2. The molecule has 5 nitrogen and oxygen atoms in total. The molecule has 0 amide bonds. The van der Waals surface area contributed by atoms with Gasteiger partial charge in [0.15, 0.2) is 5.75 Å². The minimum absolute atomic E-state index is 0.0534. The number of aryl methyl sites for hydroxylation is 1. The average molecular weight is 225 g/mol. The minimum atomic E-state index is -0.624. The summed E-state index contributed by atoms with van der Waals surface area (Å²) in [5.41, 5.74) is 6.54. The van der Waals surface area contributed by atoms with E-state index >= 15 is 0 Å². The highest BCUT2D eigenvalue weighted by molar-refractivity contribution is 5.95. The lowest BCUT2D eigenvalue weighted by Crippen LogP contribution is -2.06. The molecule has 0 radical (unpaired) electrons. The third-order valence-corrected chi connectivity index (χ3v) is 2.36. The van der Waals surface area contributed by atoms with E-state index in [0.29, 0.717) is 12.2 Å². The Kier molecular flexibility index (Phi) is 3.60. The van der Waals surface area contributed by atoms with Crippen LogP contribution in [0, 0.1) is 0 Å². The summed E-state index contributed by atoms with van der Waals surface area (Å²) >= 11 is 0. The van der Waals surface area contributed by atoms with Crippen LogP contribution in [-0.2, 0) is 11.2 Å². The molecule has 0 unspecified atom stereocenters. The maximum atomic E-state index is 11.4. The minimum Gasteiger partial charge on any atom is -0.505 e. The van der Waals surface area contributed by atoms with E-state index < -0.39 is 5.97 Å². The van der Waals surface area contributed by atoms with Crippen molar-refractivity contribution in [2.45, 2.75) is 13.3 Å². The van der Waals surface area contributed by atoms with Crippen LogP contribution in [0.5, 0.6) is 11.5 Å². The van der Waals surface area contributed by atoms with E-state index in [9.17, 15) is 9.90 Å². The predicted octanol–water partition coefficient (Wildman–Crippen LogP) is 1.33. The first kappa shape index (κ1) is 12.2. The van der Waals surface area contributed by atoms with E-state index in [4.69, 9.17) is 10.5 Å². The zero-order valence-electron chi connectivity index (χ0n) is 9.53. The molecule has 0 fully saturated rings. The van der Waals surface area contributed by atoms with Crippen LogP contribution in [0.25, 0.3) is 0 Å². The number of benzene rings is 1. The lowest BCUT2D eigenvalue weighted by Gasteiger charge is -2.13. The molecular weight excluding hydrogens is 210 g/mol. The smallest absolute Gasteiger partial charge is 0.341 e. The lowest BCUT2D eigenvalue weighted by molar-refractivity contribution is 0.0597. The van der Waals surface area contributed by atoms with Crippen LogP contribution in [0.2, 0.25) is 0 Å². The van der Waals surface area contributed by atoms with E-state index in [-0.39, 0.29) is 17.0 Å². The van der Waals surface area contributed by atoms with Crippen molar-refractivity contribution < 1.29 is 19.4 Å². The molecule has 1 aromatic carbocycles. The Balaban J connectivity index is 3.44. The molecule has 0 bridgehead atoms. The number of aromatic hydroxyl groups is 1. The van der Waals surface area contributed by atoms with E-state index in [1.165, 1.54) is 20.3 Å². The molecular formula is C11H15NO4. The summed E-state index contributed by atoms with van der Waals surface area (Å²) in [5.74, 6) is -0.532. The average Bonchev–Trinajstić information content (AvgIpc) is 2.31. The predicted molar refractivity (Wildman–Crippen MR) is 59.8 cm³/mol. The van der Waals surface area contributed by atoms with Crippen molar-refractivity contribution in [3.63, 3.8) is 0 Å². The molecule has 0 aliphatic rings. The first-order valence-corrected chi connectivity index (χ1v) is 4.83. The Labute approximate surface area is 93.8 Å². The maximum absolute atomic E-state index is 11.4. The molecule has 1 aromatic rings. The van der Waals surface area contributed by atoms with Gasteiger partial charge in [-0.25, -0.2) is 4.79 Å². The largest absolute Gasteiger partial charge is 0.505 e. The molecule has 0 heterocycles. The molecule has 0 spiro atoms. The second-order valence-corrected chi connectivity index (χ2v) is 3.22. The van der Waals surface area contributed by atoms with Crippen molar-refractivity contribution in [2.75, 3.05) is 20.0 Å². The first-order chi connectivity index (χ1) is 7.56. The molecule has 3 N–H and O–H groups in total. The molecule has 88 valence electrons. The third-order valence-electron chi connectivity index (χ3n) is 2.36. The van der Waals surface area contributed by atoms with E-state index in [0.717, 1.165) is 5.56 Å². The van der Waals surface area contributed by atoms with Crippen molar-refractivity contribution in [3.05, 3.63) is 17.2 Å². The van der Waals surface area contributed by atoms with Gasteiger partial charge in [0.1, 0.15) is 17.0 Å². The molecule has 0 aliphatic heterocycles. The van der Waals surface area contributed by atoms with Gasteiger partial charge in [-0.1, -0.05) is 6.92 Å². The zero-order chi connectivity index (χ0) is 12.3. The second-order valence-electron chi connectivity index (χ2n) is 3.22.